The number of fused-ring (bicyclic) bond motifs is 10. The Morgan fingerprint density at radius 2 is 1.24 bits per heavy atom. The van der Waals surface area contributed by atoms with Gasteiger partial charge in [0, 0.05) is 39.0 Å². The van der Waals surface area contributed by atoms with E-state index in [-0.39, 0.29) is 0 Å². The first kappa shape index (κ1) is 25.2. The molecule has 3 heterocycles. The summed E-state index contributed by atoms with van der Waals surface area (Å²) in [6.45, 7) is 0. The molecular formula is C43H26N2O. The molecular weight excluding hydrogens is 560 g/mol. The van der Waals surface area contributed by atoms with Crippen molar-refractivity contribution in [2.75, 3.05) is 0 Å². The largest absolute Gasteiger partial charge is 0.456 e. The number of pyridine rings is 1. The zero-order valence-electron chi connectivity index (χ0n) is 24.8. The van der Waals surface area contributed by atoms with Gasteiger partial charge in [-0.2, -0.15) is 0 Å². The minimum absolute atomic E-state index is 0.867. The minimum atomic E-state index is 0.867. The topological polar surface area (TPSA) is 31.0 Å². The molecule has 0 atom stereocenters. The molecule has 214 valence electrons. The molecule has 0 unspecified atom stereocenters. The van der Waals surface area contributed by atoms with Gasteiger partial charge in [-0.15, -0.1) is 0 Å². The number of para-hydroxylation sites is 1. The highest BCUT2D eigenvalue weighted by atomic mass is 16.3. The van der Waals surface area contributed by atoms with E-state index in [0.717, 1.165) is 50.0 Å². The molecule has 0 spiro atoms. The molecule has 0 radical (unpaired) electrons. The number of aromatic nitrogens is 2. The quantitative estimate of drug-likeness (QED) is 0.206. The van der Waals surface area contributed by atoms with Crippen LogP contribution in [0.15, 0.2) is 162 Å². The Morgan fingerprint density at radius 3 is 2.13 bits per heavy atom. The highest BCUT2D eigenvalue weighted by Gasteiger charge is 2.19. The van der Waals surface area contributed by atoms with Gasteiger partial charge in [-0.25, -0.2) is 0 Å². The molecule has 0 aliphatic rings. The first-order chi connectivity index (χ1) is 22.8. The number of benzene rings is 7. The summed E-state index contributed by atoms with van der Waals surface area (Å²) in [5.41, 5.74) is 9.59. The SMILES string of the molecule is c1ccc(-c2cccc3oc4cc(-c5cccc(-n6c7ccccc7c7c8ccccc8ccc76)c5)c5ccccc5c4c23)nc1. The normalized spacial score (nSPS) is 11.9. The van der Waals surface area contributed by atoms with Crippen LogP contribution >= 0.6 is 0 Å². The smallest absolute Gasteiger partial charge is 0.136 e. The van der Waals surface area contributed by atoms with Crippen molar-refractivity contribution >= 4 is 65.3 Å². The summed E-state index contributed by atoms with van der Waals surface area (Å²) in [6.07, 6.45) is 1.85. The molecule has 3 heteroatoms. The van der Waals surface area contributed by atoms with Crippen LogP contribution in [0.1, 0.15) is 0 Å². The molecule has 7 aromatic carbocycles. The maximum absolute atomic E-state index is 6.61. The Hall–Kier alpha value is -6.19. The summed E-state index contributed by atoms with van der Waals surface area (Å²) in [5, 5.41) is 9.67. The molecule has 0 saturated carbocycles. The van der Waals surface area contributed by atoms with E-state index in [0.29, 0.717) is 0 Å². The Kier molecular flexibility index (Phi) is 5.28. The maximum atomic E-state index is 6.61. The number of hydrogen-bond acceptors (Lipinski definition) is 2. The lowest BCUT2D eigenvalue weighted by Gasteiger charge is -2.13. The molecule has 10 rings (SSSR count). The zero-order chi connectivity index (χ0) is 30.2. The van der Waals surface area contributed by atoms with E-state index in [1.165, 1.54) is 43.4 Å². The van der Waals surface area contributed by atoms with Gasteiger partial charge >= 0.3 is 0 Å². The second-order valence-electron chi connectivity index (χ2n) is 11.9. The molecule has 0 aliphatic heterocycles. The van der Waals surface area contributed by atoms with Crippen molar-refractivity contribution < 1.29 is 4.42 Å². The van der Waals surface area contributed by atoms with Crippen LogP contribution in [0.2, 0.25) is 0 Å². The summed E-state index contributed by atoms with van der Waals surface area (Å²) in [7, 11) is 0. The Bertz CT molecular complexity index is 2800. The molecule has 0 N–H and O–H groups in total. The summed E-state index contributed by atoms with van der Waals surface area (Å²) in [4.78, 5) is 4.68. The molecule has 0 amide bonds. The number of furan rings is 1. The van der Waals surface area contributed by atoms with Crippen LogP contribution in [0.3, 0.4) is 0 Å². The molecule has 0 saturated heterocycles. The number of nitrogens with zero attached hydrogens (tertiary/aromatic N) is 2. The average Bonchev–Trinajstić information content (AvgIpc) is 3.68. The van der Waals surface area contributed by atoms with Gasteiger partial charge in [0.25, 0.3) is 0 Å². The van der Waals surface area contributed by atoms with Crippen LogP contribution in [-0.2, 0) is 0 Å². The molecule has 0 aliphatic carbocycles. The predicted octanol–water partition coefficient (Wildman–Crippen LogP) is 11.7. The van der Waals surface area contributed by atoms with Crippen LogP contribution in [-0.4, -0.2) is 9.55 Å². The molecule has 0 bridgehead atoms. The fourth-order valence-electron chi connectivity index (χ4n) is 7.48. The summed E-state index contributed by atoms with van der Waals surface area (Å²) < 4.78 is 9.01. The van der Waals surface area contributed by atoms with Gasteiger partial charge in [-0.1, -0.05) is 103 Å². The van der Waals surface area contributed by atoms with Crippen molar-refractivity contribution in [3.8, 4) is 28.1 Å². The van der Waals surface area contributed by atoms with Gasteiger partial charge in [0.1, 0.15) is 11.2 Å². The van der Waals surface area contributed by atoms with E-state index in [1.54, 1.807) is 0 Å². The van der Waals surface area contributed by atoms with Gasteiger partial charge in [0.15, 0.2) is 0 Å². The lowest BCUT2D eigenvalue weighted by atomic mass is 9.93. The van der Waals surface area contributed by atoms with Crippen LogP contribution in [0.5, 0.6) is 0 Å². The Labute approximate surface area is 264 Å². The molecule has 3 nitrogen and oxygen atoms in total. The second-order valence-corrected chi connectivity index (χ2v) is 11.9. The number of rotatable bonds is 3. The highest BCUT2D eigenvalue weighted by molar-refractivity contribution is 6.25. The van der Waals surface area contributed by atoms with Crippen molar-refractivity contribution in [3.05, 3.63) is 158 Å². The van der Waals surface area contributed by atoms with E-state index in [9.17, 15) is 0 Å². The second kappa shape index (κ2) is 9.65. The third-order valence-electron chi connectivity index (χ3n) is 9.42. The summed E-state index contributed by atoms with van der Waals surface area (Å²) >= 11 is 0. The van der Waals surface area contributed by atoms with Crippen LogP contribution in [0.4, 0.5) is 0 Å². The van der Waals surface area contributed by atoms with Gasteiger partial charge in [0.2, 0.25) is 0 Å². The first-order valence-electron chi connectivity index (χ1n) is 15.6. The van der Waals surface area contributed by atoms with Crippen molar-refractivity contribution in [3.63, 3.8) is 0 Å². The fraction of sp³-hybridized carbons (Fsp3) is 0. The van der Waals surface area contributed by atoms with Crippen molar-refractivity contribution in [1.29, 1.82) is 0 Å². The number of hydrogen-bond donors (Lipinski definition) is 0. The Balaban J connectivity index is 1.24. The molecule has 3 aromatic heterocycles. The molecule has 0 fully saturated rings. The minimum Gasteiger partial charge on any atom is -0.456 e. The fourth-order valence-corrected chi connectivity index (χ4v) is 7.48. The standard InChI is InChI=1S/C43H26N2O/c1-2-14-30-27(11-1)22-23-38-41(30)34-17-5-6-20-37(34)45(38)29-13-9-12-28(25-29)35-26-40-42(32-16-4-3-15-31(32)35)43-33(18-10-21-39(43)46-40)36-19-7-8-24-44-36/h1-26H. The maximum Gasteiger partial charge on any atom is 0.136 e. The highest BCUT2D eigenvalue weighted by Crippen LogP contribution is 2.44. The predicted molar refractivity (Wildman–Crippen MR) is 192 cm³/mol. The first-order valence-corrected chi connectivity index (χ1v) is 15.6. The van der Waals surface area contributed by atoms with E-state index >= 15 is 0 Å². The molecule has 46 heavy (non-hydrogen) atoms. The van der Waals surface area contributed by atoms with Crippen LogP contribution in [0, 0.1) is 0 Å². The van der Waals surface area contributed by atoms with Crippen molar-refractivity contribution in [2.24, 2.45) is 0 Å². The van der Waals surface area contributed by atoms with Crippen LogP contribution in [0.25, 0.3) is 93.4 Å². The van der Waals surface area contributed by atoms with Crippen molar-refractivity contribution in [1.82, 2.24) is 9.55 Å². The van der Waals surface area contributed by atoms with Gasteiger partial charge < -0.3 is 8.98 Å². The lowest BCUT2D eigenvalue weighted by Crippen LogP contribution is -1.94. The monoisotopic (exact) mass is 586 g/mol. The Morgan fingerprint density at radius 1 is 0.457 bits per heavy atom. The summed E-state index contributed by atoms with van der Waals surface area (Å²) in [6, 6.07) is 54.0. The van der Waals surface area contributed by atoms with Crippen molar-refractivity contribution in [2.45, 2.75) is 0 Å². The average molecular weight is 587 g/mol. The lowest BCUT2D eigenvalue weighted by molar-refractivity contribution is 0.669. The van der Waals surface area contributed by atoms with Gasteiger partial charge in [0.05, 0.1) is 16.7 Å². The third-order valence-corrected chi connectivity index (χ3v) is 9.42. The van der Waals surface area contributed by atoms with E-state index in [4.69, 9.17) is 4.42 Å². The van der Waals surface area contributed by atoms with E-state index in [1.807, 2.05) is 18.3 Å². The third kappa shape index (κ3) is 3.57. The van der Waals surface area contributed by atoms with Gasteiger partial charge in [-0.3, -0.25) is 4.98 Å². The zero-order valence-corrected chi connectivity index (χ0v) is 24.8. The van der Waals surface area contributed by atoms with Gasteiger partial charge in [-0.05, 0) is 81.2 Å². The summed E-state index contributed by atoms with van der Waals surface area (Å²) in [5.74, 6) is 0. The van der Waals surface area contributed by atoms with Crippen LogP contribution < -0.4 is 0 Å². The van der Waals surface area contributed by atoms with E-state index < -0.39 is 0 Å². The molecule has 10 aromatic rings. The van der Waals surface area contributed by atoms with E-state index in [2.05, 4.69) is 149 Å².